The van der Waals surface area contributed by atoms with Crippen LogP contribution >= 0.6 is 0 Å². The SMILES string of the molecule is CCC(C)(O)CNCC(C)C1CC1. The highest BCUT2D eigenvalue weighted by Gasteiger charge is 2.27. The van der Waals surface area contributed by atoms with E-state index in [0.717, 1.165) is 31.3 Å². The zero-order valence-corrected chi connectivity index (χ0v) is 9.14. The summed E-state index contributed by atoms with van der Waals surface area (Å²) in [7, 11) is 0. The Balaban J connectivity index is 2.05. The van der Waals surface area contributed by atoms with Crippen LogP contribution < -0.4 is 5.32 Å². The van der Waals surface area contributed by atoms with Crippen LogP contribution in [0.3, 0.4) is 0 Å². The van der Waals surface area contributed by atoms with E-state index in [1.807, 2.05) is 13.8 Å². The summed E-state index contributed by atoms with van der Waals surface area (Å²) < 4.78 is 0. The standard InChI is InChI=1S/C11H23NO/c1-4-11(3,13)8-12-7-9(2)10-5-6-10/h9-10,12-13H,4-8H2,1-3H3. The first kappa shape index (κ1) is 11.0. The molecule has 2 heteroatoms. The fourth-order valence-electron chi connectivity index (χ4n) is 1.53. The Hall–Kier alpha value is -0.0800. The van der Waals surface area contributed by atoms with Gasteiger partial charge in [-0.05, 0) is 44.6 Å². The van der Waals surface area contributed by atoms with Crippen LogP contribution in [0, 0.1) is 11.8 Å². The van der Waals surface area contributed by atoms with E-state index in [0.29, 0.717) is 0 Å². The molecule has 1 saturated carbocycles. The molecule has 78 valence electrons. The van der Waals surface area contributed by atoms with Gasteiger partial charge in [-0.25, -0.2) is 0 Å². The largest absolute Gasteiger partial charge is 0.389 e. The molecule has 0 aliphatic heterocycles. The van der Waals surface area contributed by atoms with Crippen molar-refractivity contribution in [3.05, 3.63) is 0 Å². The molecule has 2 N–H and O–H groups in total. The van der Waals surface area contributed by atoms with E-state index in [4.69, 9.17) is 0 Å². The molecule has 2 atom stereocenters. The zero-order chi connectivity index (χ0) is 9.90. The molecule has 1 fully saturated rings. The molecule has 1 aliphatic rings. The number of nitrogens with one attached hydrogen (secondary N) is 1. The zero-order valence-electron chi connectivity index (χ0n) is 9.14. The normalized spacial score (nSPS) is 24.0. The number of hydrogen-bond donors (Lipinski definition) is 2. The average Bonchev–Trinajstić information content (AvgIpc) is 2.86. The second kappa shape index (κ2) is 4.43. The van der Waals surface area contributed by atoms with E-state index in [9.17, 15) is 5.11 Å². The van der Waals surface area contributed by atoms with Crippen molar-refractivity contribution < 1.29 is 5.11 Å². The van der Waals surface area contributed by atoms with Crippen LogP contribution in [0.1, 0.15) is 40.0 Å². The first-order valence-corrected chi connectivity index (χ1v) is 5.48. The Morgan fingerprint density at radius 2 is 2.15 bits per heavy atom. The molecule has 0 saturated heterocycles. The van der Waals surface area contributed by atoms with Gasteiger partial charge in [0.2, 0.25) is 0 Å². The van der Waals surface area contributed by atoms with Gasteiger partial charge in [-0.3, -0.25) is 0 Å². The van der Waals surface area contributed by atoms with E-state index in [1.54, 1.807) is 0 Å². The maximum atomic E-state index is 9.73. The third kappa shape index (κ3) is 4.10. The fraction of sp³-hybridized carbons (Fsp3) is 1.00. The van der Waals surface area contributed by atoms with Crippen LogP contribution in [0.25, 0.3) is 0 Å². The molecule has 1 aliphatic carbocycles. The summed E-state index contributed by atoms with van der Waals surface area (Å²) in [5.74, 6) is 1.74. The van der Waals surface area contributed by atoms with Gasteiger partial charge < -0.3 is 10.4 Å². The molecule has 0 aromatic carbocycles. The molecule has 2 unspecified atom stereocenters. The topological polar surface area (TPSA) is 32.3 Å². The second-order valence-corrected chi connectivity index (χ2v) is 4.80. The number of hydrogen-bond acceptors (Lipinski definition) is 2. The molecule has 1 rings (SSSR count). The third-order valence-corrected chi connectivity index (χ3v) is 3.16. The van der Waals surface area contributed by atoms with Gasteiger partial charge in [-0.15, -0.1) is 0 Å². The lowest BCUT2D eigenvalue weighted by Gasteiger charge is -2.22. The maximum absolute atomic E-state index is 9.73. The maximum Gasteiger partial charge on any atom is 0.0740 e. The quantitative estimate of drug-likeness (QED) is 0.661. The molecule has 0 spiro atoms. The van der Waals surface area contributed by atoms with Gasteiger partial charge in [0.15, 0.2) is 0 Å². The van der Waals surface area contributed by atoms with E-state index in [1.165, 1.54) is 12.8 Å². The minimum Gasteiger partial charge on any atom is -0.389 e. The predicted octanol–water partition coefficient (Wildman–Crippen LogP) is 1.78. The first-order chi connectivity index (χ1) is 6.05. The lowest BCUT2D eigenvalue weighted by atomic mass is 10.0. The highest BCUT2D eigenvalue weighted by Crippen LogP contribution is 2.36. The van der Waals surface area contributed by atoms with Crippen LogP contribution in [-0.2, 0) is 0 Å². The van der Waals surface area contributed by atoms with E-state index < -0.39 is 5.60 Å². The Morgan fingerprint density at radius 1 is 1.54 bits per heavy atom. The van der Waals surface area contributed by atoms with E-state index >= 15 is 0 Å². The molecule has 0 bridgehead atoms. The minimum absolute atomic E-state index is 0.525. The molecule has 0 aromatic rings. The third-order valence-electron chi connectivity index (χ3n) is 3.16. The van der Waals surface area contributed by atoms with Crippen molar-refractivity contribution in [2.24, 2.45) is 11.8 Å². The van der Waals surface area contributed by atoms with Crippen LogP contribution in [0.15, 0.2) is 0 Å². The van der Waals surface area contributed by atoms with Gasteiger partial charge in [0, 0.05) is 6.54 Å². The van der Waals surface area contributed by atoms with Gasteiger partial charge >= 0.3 is 0 Å². The monoisotopic (exact) mass is 185 g/mol. The lowest BCUT2D eigenvalue weighted by molar-refractivity contribution is 0.0549. The van der Waals surface area contributed by atoms with Gasteiger partial charge in [-0.2, -0.15) is 0 Å². The molecule has 0 aromatic heterocycles. The lowest BCUT2D eigenvalue weighted by Crippen LogP contribution is -2.39. The summed E-state index contributed by atoms with van der Waals surface area (Å²) in [6.45, 7) is 7.99. The fourth-order valence-corrected chi connectivity index (χ4v) is 1.53. The summed E-state index contributed by atoms with van der Waals surface area (Å²) in [5, 5.41) is 13.1. The van der Waals surface area contributed by atoms with Crippen LogP contribution in [-0.4, -0.2) is 23.8 Å². The van der Waals surface area contributed by atoms with E-state index in [2.05, 4.69) is 12.2 Å². The molecule has 0 heterocycles. The highest BCUT2D eigenvalue weighted by molar-refractivity contribution is 4.81. The second-order valence-electron chi connectivity index (χ2n) is 4.80. The predicted molar refractivity (Wildman–Crippen MR) is 55.7 cm³/mol. The molecule has 13 heavy (non-hydrogen) atoms. The molecule has 0 amide bonds. The summed E-state index contributed by atoms with van der Waals surface area (Å²) in [4.78, 5) is 0. The van der Waals surface area contributed by atoms with Crippen molar-refractivity contribution in [2.45, 2.75) is 45.6 Å². The van der Waals surface area contributed by atoms with Crippen LogP contribution in [0.2, 0.25) is 0 Å². The Bertz CT molecular complexity index is 152. The summed E-state index contributed by atoms with van der Waals surface area (Å²) >= 11 is 0. The van der Waals surface area contributed by atoms with Crippen molar-refractivity contribution in [3.63, 3.8) is 0 Å². The van der Waals surface area contributed by atoms with Crippen molar-refractivity contribution in [1.29, 1.82) is 0 Å². The Labute approximate surface area is 81.7 Å². The van der Waals surface area contributed by atoms with Crippen LogP contribution in [0.4, 0.5) is 0 Å². The molecular formula is C11H23NO. The average molecular weight is 185 g/mol. The van der Waals surface area contributed by atoms with Gasteiger partial charge in [-0.1, -0.05) is 13.8 Å². The van der Waals surface area contributed by atoms with Crippen molar-refractivity contribution in [1.82, 2.24) is 5.32 Å². The summed E-state index contributed by atoms with van der Waals surface area (Å²) in [6.07, 6.45) is 3.64. The van der Waals surface area contributed by atoms with Crippen LogP contribution in [0.5, 0.6) is 0 Å². The Kier molecular flexibility index (Phi) is 3.74. The van der Waals surface area contributed by atoms with E-state index in [-0.39, 0.29) is 0 Å². The van der Waals surface area contributed by atoms with Crippen molar-refractivity contribution in [2.75, 3.05) is 13.1 Å². The highest BCUT2D eigenvalue weighted by atomic mass is 16.3. The summed E-state index contributed by atoms with van der Waals surface area (Å²) in [5.41, 5.74) is -0.525. The van der Waals surface area contributed by atoms with Gasteiger partial charge in [0.05, 0.1) is 5.60 Å². The van der Waals surface area contributed by atoms with Crippen molar-refractivity contribution >= 4 is 0 Å². The summed E-state index contributed by atoms with van der Waals surface area (Å²) in [6, 6.07) is 0. The van der Waals surface area contributed by atoms with Gasteiger partial charge in [0.1, 0.15) is 0 Å². The molecule has 0 radical (unpaired) electrons. The number of aliphatic hydroxyl groups is 1. The van der Waals surface area contributed by atoms with Crippen molar-refractivity contribution in [3.8, 4) is 0 Å². The minimum atomic E-state index is -0.525. The smallest absolute Gasteiger partial charge is 0.0740 e. The Morgan fingerprint density at radius 3 is 2.62 bits per heavy atom. The number of rotatable bonds is 6. The molecule has 2 nitrogen and oxygen atoms in total. The first-order valence-electron chi connectivity index (χ1n) is 5.48. The molecular weight excluding hydrogens is 162 g/mol. The van der Waals surface area contributed by atoms with Gasteiger partial charge in [0.25, 0.3) is 0 Å².